The number of rotatable bonds is 1. The second kappa shape index (κ2) is 11.0. The van der Waals surface area contributed by atoms with Crippen molar-refractivity contribution < 1.29 is 0 Å². The van der Waals surface area contributed by atoms with Gasteiger partial charge in [0.05, 0.1) is 0 Å². The van der Waals surface area contributed by atoms with Gasteiger partial charge in [0.25, 0.3) is 0 Å². The molecule has 1 aromatic rings. The zero-order valence-corrected chi connectivity index (χ0v) is 9.17. The maximum Gasteiger partial charge on any atom is 0.0314 e. The molecule has 76 valence electrons. The fourth-order valence-corrected chi connectivity index (χ4v) is 0.654. The van der Waals surface area contributed by atoms with Crippen molar-refractivity contribution >= 4 is 5.69 Å². The van der Waals surface area contributed by atoms with Gasteiger partial charge in [0.15, 0.2) is 0 Å². The molecule has 2 nitrogen and oxygen atoms in total. The summed E-state index contributed by atoms with van der Waals surface area (Å²) in [5, 5.41) is 0. The van der Waals surface area contributed by atoms with Crippen LogP contribution in [0.2, 0.25) is 0 Å². The molecule has 2 heteroatoms. The van der Waals surface area contributed by atoms with E-state index in [4.69, 9.17) is 11.5 Å². The minimum Gasteiger partial charge on any atom is -0.399 e. The number of hydrogen-bond donors (Lipinski definition) is 2. The van der Waals surface area contributed by atoms with Gasteiger partial charge in [-0.15, -0.1) is 0 Å². The summed E-state index contributed by atoms with van der Waals surface area (Å²) in [6.45, 7) is 8.58. The van der Waals surface area contributed by atoms with E-state index in [1.54, 1.807) is 0 Å². The third-order valence-corrected chi connectivity index (χ3v) is 1.22. The van der Waals surface area contributed by atoms with Gasteiger partial charge in [-0.2, -0.15) is 0 Å². The standard InChI is InChI=1S/C7H10N2.2C2H6/c8-5-6-1-3-7(9)4-2-6;2*1-2/h1-4H,5,8-9H2;2*1-2H3. The summed E-state index contributed by atoms with van der Waals surface area (Å²) < 4.78 is 0. The van der Waals surface area contributed by atoms with Crippen LogP contribution in [0.1, 0.15) is 33.3 Å². The number of nitrogen functional groups attached to an aromatic ring is 1. The Kier molecular flexibility index (Phi) is 12.2. The van der Waals surface area contributed by atoms with Gasteiger partial charge in [0.1, 0.15) is 0 Å². The van der Waals surface area contributed by atoms with Crippen LogP contribution in [0.15, 0.2) is 24.3 Å². The highest BCUT2D eigenvalue weighted by atomic mass is 14.5. The molecule has 0 spiro atoms. The van der Waals surface area contributed by atoms with Crippen LogP contribution in [0.4, 0.5) is 5.69 Å². The van der Waals surface area contributed by atoms with Gasteiger partial charge in [0, 0.05) is 12.2 Å². The van der Waals surface area contributed by atoms with Crippen LogP contribution >= 0.6 is 0 Å². The molecule has 0 bridgehead atoms. The summed E-state index contributed by atoms with van der Waals surface area (Å²) in [5.74, 6) is 0. The molecule has 0 aliphatic rings. The van der Waals surface area contributed by atoms with Crippen molar-refractivity contribution in [2.75, 3.05) is 5.73 Å². The molecule has 0 saturated heterocycles. The normalized spacial score (nSPS) is 7.46. The van der Waals surface area contributed by atoms with E-state index in [9.17, 15) is 0 Å². The lowest BCUT2D eigenvalue weighted by Crippen LogP contribution is -1.95. The zero-order valence-electron chi connectivity index (χ0n) is 9.17. The van der Waals surface area contributed by atoms with E-state index in [2.05, 4.69) is 0 Å². The van der Waals surface area contributed by atoms with Crippen LogP contribution in [-0.2, 0) is 6.54 Å². The van der Waals surface area contributed by atoms with Gasteiger partial charge in [0.2, 0.25) is 0 Å². The quantitative estimate of drug-likeness (QED) is 0.656. The summed E-state index contributed by atoms with van der Waals surface area (Å²) in [5.41, 5.74) is 12.7. The Hall–Kier alpha value is -1.02. The molecular formula is C11H22N2. The van der Waals surface area contributed by atoms with Gasteiger partial charge >= 0.3 is 0 Å². The predicted octanol–water partition coefficient (Wildman–Crippen LogP) is 2.78. The third kappa shape index (κ3) is 7.34. The van der Waals surface area contributed by atoms with E-state index in [-0.39, 0.29) is 0 Å². The fraction of sp³-hybridized carbons (Fsp3) is 0.455. The van der Waals surface area contributed by atoms with Gasteiger partial charge in [-0.1, -0.05) is 39.8 Å². The molecule has 0 aromatic heterocycles. The van der Waals surface area contributed by atoms with Crippen molar-refractivity contribution in [1.82, 2.24) is 0 Å². The Bertz CT molecular complexity index is 180. The Labute approximate surface area is 81.9 Å². The molecule has 0 amide bonds. The lowest BCUT2D eigenvalue weighted by Gasteiger charge is -1.94. The Morgan fingerprint density at radius 3 is 1.62 bits per heavy atom. The number of hydrogen-bond acceptors (Lipinski definition) is 2. The first-order valence-corrected chi connectivity index (χ1v) is 4.87. The van der Waals surface area contributed by atoms with Crippen LogP contribution in [0, 0.1) is 0 Å². The maximum atomic E-state index is 5.44. The van der Waals surface area contributed by atoms with Crippen LogP contribution in [0.25, 0.3) is 0 Å². The number of benzene rings is 1. The summed E-state index contributed by atoms with van der Waals surface area (Å²) >= 11 is 0. The largest absolute Gasteiger partial charge is 0.399 e. The van der Waals surface area contributed by atoms with Gasteiger partial charge < -0.3 is 11.5 Å². The second-order valence-electron chi connectivity index (χ2n) is 1.95. The van der Waals surface area contributed by atoms with Crippen molar-refractivity contribution in [3.8, 4) is 0 Å². The van der Waals surface area contributed by atoms with Gasteiger partial charge in [-0.3, -0.25) is 0 Å². The minimum absolute atomic E-state index is 0.584. The SMILES string of the molecule is CC.CC.NCc1ccc(N)cc1. The molecule has 0 radical (unpaired) electrons. The average Bonchev–Trinajstić information content (AvgIpc) is 2.25. The highest BCUT2D eigenvalue weighted by Gasteiger charge is 1.85. The molecule has 0 atom stereocenters. The molecule has 4 N–H and O–H groups in total. The second-order valence-corrected chi connectivity index (χ2v) is 1.95. The molecule has 0 unspecified atom stereocenters. The number of anilines is 1. The van der Waals surface area contributed by atoms with E-state index < -0.39 is 0 Å². The van der Waals surface area contributed by atoms with Crippen LogP contribution in [0.3, 0.4) is 0 Å². The maximum absolute atomic E-state index is 5.44. The molecule has 0 heterocycles. The van der Waals surface area contributed by atoms with Crippen LogP contribution in [0.5, 0.6) is 0 Å². The third-order valence-electron chi connectivity index (χ3n) is 1.22. The topological polar surface area (TPSA) is 52.0 Å². The lowest BCUT2D eigenvalue weighted by molar-refractivity contribution is 1.07. The van der Waals surface area contributed by atoms with Crippen LogP contribution in [-0.4, -0.2) is 0 Å². The molecular weight excluding hydrogens is 160 g/mol. The van der Waals surface area contributed by atoms with Gasteiger partial charge in [-0.25, -0.2) is 0 Å². The smallest absolute Gasteiger partial charge is 0.0314 e. The summed E-state index contributed by atoms with van der Waals surface area (Å²) in [7, 11) is 0. The summed E-state index contributed by atoms with van der Waals surface area (Å²) in [6, 6.07) is 7.55. The van der Waals surface area contributed by atoms with Crippen molar-refractivity contribution in [2.45, 2.75) is 34.2 Å². The monoisotopic (exact) mass is 182 g/mol. The molecule has 1 aromatic carbocycles. The minimum atomic E-state index is 0.584. The first kappa shape index (κ1) is 14.5. The molecule has 0 saturated carbocycles. The van der Waals surface area contributed by atoms with Crippen molar-refractivity contribution in [3.05, 3.63) is 29.8 Å². The van der Waals surface area contributed by atoms with E-state index in [0.717, 1.165) is 11.3 Å². The van der Waals surface area contributed by atoms with E-state index in [0.29, 0.717) is 6.54 Å². The highest BCUT2D eigenvalue weighted by molar-refractivity contribution is 5.39. The molecule has 0 fully saturated rings. The Morgan fingerprint density at radius 1 is 0.923 bits per heavy atom. The Morgan fingerprint density at radius 2 is 1.31 bits per heavy atom. The zero-order chi connectivity index (χ0) is 10.7. The first-order valence-electron chi connectivity index (χ1n) is 4.87. The number of nitrogens with two attached hydrogens (primary N) is 2. The van der Waals surface area contributed by atoms with Crippen molar-refractivity contribution in [1.29, 1.82) is 0 Å². The summed E-state index contributed by atoms with van der Waals surface area (Å²) in [6.07, 6.45) is 0. The average molecular weight is 182 g/mol. The first-order chi connectivity index (χ1) is 6.33. The molecule has 0 aliphatic heterocycles. The van der Waals surface area contributed by atoms with Crippen molar-refractivity contribution in [3.63, 3.8) is 0 Å². The van der Waals surface area contributed by atoms with Crippen molar-refractivity contribution in [2.24, 2.45) is 5.73 Å². The van der Waals surface area contributed by atoms with Crippen LogP contribution < -0.4 is 11.5 Å². The van der Waals surface area contributed by atoms with E-state index >= 15 is 0 Å². The fourth-order valence-electron chi connectivity index (χ4n) is 0.654. The van der Waals surface area contributed by atoms with E-state index in [1.807, 2.05) is 52.0 Å². The summed E-state index contributed by atoms with van der Waals surface area (Å²) in [4.78, 5) is 0. The van der Waals surface area contributed by atoms with E-state index in [1.165, 1.54) is 0 Å². The van der Waals surface area contributed by atoms with Gasteiger partial charge in [-0.05, 0) is 17.7 Å². The molecule has 0 aliphatic carbocycles. The highest BCUT2D eigenvalue weighted by Crippen LogP contribution is 2.03. The molecule has 13 heavy (non-hydrogen) atoms. The molecule has 1 rings (SSSR count). The predicted molar refractivity (Wildman–Crippen MR) is 61.4 cm³/mol. The lowest BCUT2D eigenvalue weighted by atomic mass is 10.2. The Balaban J connectivity index is 0.